The van der Waals surface area contributed by atoms with Crippen molar-refractivity contribution >= 4 is 64.6 Å². The summed E-state index contributed by atoms with van der Waals surface area (Å²) < 4.78 is 16.8. The van der Waals surface area contributed by atoms with Crippen LogP contribution in [-0.2, 0) is 53.2 Å². The summed E-state index contributed by atoms with van der Waals surface area (Å²) in [5.41, 5.74) is 12.2. The summed E-state index contributed by atoms with van der Waals surface area (Å²) in [5.74, 6) is -5.04. The lowest BCUT2D eigenvalue weighted by atomic mass is 9.79. The van der Waals surface area contributed by atoms with Crippen LogP contribution in [0.1, 0.15) is 43.4 Å². The number of carbonyl (C=O) groups excluding carboxylic acids is 5. The third-order valence-electron chi connectivity index (χ3n) is 12.4. The van der Waals surface area contributed by atoms with Gasteiger partial charge in [0.1, 0.15) is 31.6 Å². The summed E-state index contributed by atoms with van der Waals surface area (Å²) in [5, 5.41) is 43.4. The largest absolute Gasteiger partial charge is 0.459 e. The van der Waals surface area contributed by atoms with Crippen LogP contribution in [0, 0.1) is 48.1 Å². The number of thioether (sulfide) groups is 1. The highest BCUT2D eigenvalue weighted by molar-refractivity contribution is 8.03. The summed E-state index contributed by atoms with van der Waals surface area (Å²) in [6.45, 7) is 2.45. The Labute approximate surface area is 396 Å². The first-order valence-corrected chi connectivity index (χ1v) is 22.5. The molecule has 7 rings (SSSR count). The number of nitrogens with zero attached hydrogens (tertiary/aromatic N) is 7. The normalized spacial score (nSPS) is 22.5. The molecule has 25 heteroatoms. The number of esters is 2. The van der Waals surface area contributed by atoms with E-state index >= 15 is 0 Å². The van der Waals surface area contributed by atoms with Gasteiger partial charge in [-0.3, -0.25) is 44.8 Å². The van der Waals surface area contributed by atoms with Gasteiger partial charge < -0.3 is 40.6 Å². The smallest absolute Gasteiger partial charge is 0.410 e. The number of hydrogen-bond acceptors (Lipinski definition) is 17. The Morgan fingerprint density at radius 2 is 1.32 bits per heavy atom. The predicted molar refractivity (Wildman–Crippen MR) is 242 cm³/mol. The first-order chi connectivity index (χ1) is 32.8. The minimum Gasteiger partial charge on any atom is -0.459 e. The molecule has 3 amide bonds. The van der Waals surface area contributed by atoms with E-state index < -0.39 is 97.8 Å². The van der Waals surface area contributed by atoms with Crippen LogP contribution < -0.4 is 11.5 Å². The van der Waals surface area contributed by atoms with Crippen LogP contribution in [0.5, 0.6) is 0 Å². The fourth-order valence-electron chi connectivity index (χ4n) is 8.96. The number of fused-ring (bicyclic) bond motifs is 1. The molecule has 0 aliphatic carbocycles. The monoisotopic (exact) mass is 973 g/mol. The molecule has 1 unspecified atom stereocenters. The van der Waals surface area contributed by atoms with Crippen LogP contribution in [0.4, 0.5) is 21.9 Å². The number of guanidine groups is 1. The third-order valence-corrected chi connectivity index (χ3v) is 13.9. The zero-order valence-electron chi connectivity index (χ0n) is 37.1. The Morgan fingerprint density at radius 1 is 0.812 bits per heavy atom. The number of nitrogens with two attached hydrogens (primary N) is 2. The number of nitro benzene ring substituents is 3. The minimum absolute atomic E-state index is 0.0284. The van der Waals surface area contributed by atoms with E-state index in [2.05, 4.69) is 4.99 Å². The number of β-lactam (4-membered cyclic amide) rings is 1. The number of ether oxygens (including phenoxy) is 3. The first-order valence-electron chi connectivity index (χ1n) is 21.6. The highest BCUT2D eigenvalue weighted by Gasteiger charge is 2.61. The van der Waals surface area contributed by atoms with Gasteiger partial charge in [-0.05, 0) is 72.9 Å². The lowest BCUT2D eigenvalue weighted by Crippen LogP contribution is -2.63. The van der Waals surface area contributed by atoms with E-state index in [9.17, 15) is 59.4 Å². The number of non-ortho nitro benzene ring substituents is 3. The van der Waals surface area contributed by atoms with E-state index in [1.54, 1.807) is 6.92 Å². The van der Waals surface area contributed by atoms with Gasteiger partial charge in [-0.2, -0.15) is 0 Å². The molecule has 4 heterocycles. The number of benzene rings is 3. The zero-order chi connectivity index (χ0) is 49.8. The quantitative estimate of drug-likeness (QED) is 0.0332. The molecule has 0 bridgehead atoms. The van der Waals surface area contributed by atoms with E-state index in [4.69, 9.17) is 25.7 Å². The molecular formula is C44H47N9O15S. The second-order valence-corrected chi connectivity index (χ2v) is 18.3. The van der Waals surface area contributed by atoms with Crippen molar-refractivity contribution in [2.45, 2.75) is 76.0 Å². The lowest BCUT2D eigenvalue weighted by Gasteiger charge is -2.46. The fraction of sp³-hybridized carbons (Fsp3) is 0.409. The first kappa shape index (κ1) is 49.2. The van der Waals surface area contributed by atoms with Crippen molar-refractivity contribution in [3.63, 3.8) is 0 Å². The Balaban J connectivity index is 1.11. The highest BCUT2D eigenvalue weighted by atomic mass is 32.2. The van der Waals surface area contributed by atoms with Crippen LogP contribution in [0.15, 0.2) is 88.4 Å². The molecule has 0 spiro atoms. The summed E-state index contributed by atoms with van der Waals surface area (Å²) in [6, 6.07) is 13.1. The van der Waals surface area contributed by atoms with Gasteiger partial charge in [0, 0.05) is 78.0 Å². The fourth-order valence-corrected chi connectivity index (χ4v) is 10.5. The van der Waals surface area contributed by atoms with Crippen molar-refractivity contribution in [1.29, 1.82) is 0 Å². The van der Waals surface area contributed by atoms with Crippen molar-refractivity contribution in [2.24, 2.45) is 34.2 Å². The second-order valence-electron chi connectivity index (χ2n) is 17.0. The van der Waals surface area contributed by atoms with E-state index in [1.165, 1.54) is 106 Å². The van der Waals surface area contributed by atoms with Crippen molar-refractivity contribution in [2.75, 3.05) is 19.6 Å². The molecule has 4 aliphatic rings. The average molecular weight is 974 g/mol. The van der Waals surface area contributed by atoms with E-state index in [0.717, 1.165) is 0 Å². The Bertz CT molecular complexity index is 2590. The molecule has 364 valence electrons. The Morgan fingerprint density at radius 3 is 1.81 bits per heavy atom. The topological polar surface area (TPSA) is 337 Å². The summed E-state index contributed by atoms with van der Waals surface area (Å²) in [6.07, 6.45) is -1.65. The second kappa shape index (κ2) is 20.7. The van der Waals surface area contributed by atoms with Gasteiger partial charge in [0.25, 0.3) is 17.1 Å². The molecule has 3 saturated heterocycles. The summed E-state index contributed by atoms with van der Waals surface area (Å²) in [7, 11) is 0. The molecule has 69 heavy (non-hydrogen) atoms. The molecule has 4 aliphatic heterocycles. The third kappa shape index (κ3) is 10.7. The van der Waals surface area contributed by atoms with E-state index in [0.29, 0.717) is 21.6 Å². The molecule has 24 nitrogen and oxygen atoms in total. The molecule has 8 atom stereocenters. The standard InChI is InChI=1S/C44H47N9O15S/c1-23-36-34(24(2)54)40(56)50(36)37(42(58)67-21-26-5-11-30(12-6-26)52(62)63)38(23)69-32-17-33(49(19-32)44(59)68-22-27-7-13-31(14-8-27)53(64)65)39(55)48-16-15-28(18-48)35(47-43(45)46)41(57)66-20-25-3-9-29(10-4-25)51(60)61/h3-14,23-24,28,32-36,54H,15-22H2,1-2H3,(H4,45,46,47)/t23-,24-,28+,32+,33+,34-,35?,36-/m1/s1. The number of amides is 3. The number of aliphatic hydroxyl groups is 1. The molecule has 3 aromatic rings. The van der Waals surface area contributed by atoms with E-state index in [1.807, 2.05) is 0 Å². The Kier molecular flexibility index (Phi) is 14.8. The number of rotatable bonds is 17. The number of likely N-dealkylation sites (tertiary alicyclic amines) is 2. The SMILES string of the molecule is C[C@@H](O)[C@H]1C(=O)N2C(C(=O)OCc3ccc([N+](=O)[O-])cc3)=C(S[C@H]3C[C@@H](C(=O)N4CC[C@H](C(N=C(N)N)C(=O)OCc5ccc([N+](=O)[O-])cc5)C4)N(C(=O)OCc4ccc([N+](=O)[O-])cc4)C3)[C@H](C)[C@H]12. The van der Waals surface area contributed by atoms with Gasteiger partial charge in [0.05, 0.1) is 32.8 Å². The number of hydrogen-bond donors (Lipinski definition) is 3. The minimum atomic E-state index is -1.24. The van der Waals surface area contributed by atoms with Crippen LogP contribution in [0.25, 0.3) is 0 Å². The van der Waals surface area contributed by atoms with Gasteiger partial charge in [-0.15, -0.1) is 11.8 Å². The molecular weight excluding hydrogens is 927 g/mol. The molecule has 0 aromatic heterocycles. The zero-order valence-corrected chi connectivity index (χ0v) is 37.9. The number of carbonyl (C=O) groups is 5. The number of aliphatic imine (C=N–C) groups is 1. The van der Waals surface area contributed by atoms with E-state index in [-0.39, 0.29) is 75.1 Å². The average Bonchev–Trinajstić information content (AvgIpc) is 4.04. The van der Waals surface area contributed by atoms with Gasteiger partial charge >= 0.3 is 18.0 Å². The Hall–Kier alpha value is -7.67. The lowest BCUT2D eigenvalue weighted by molar-refractivity contribution is -0.385. The van der Waals surface area contributed by atoms with Gasteiger partial charge in [0.2, 0.25) is 11.8 Å². The van der Waals surface area contributed by atoms with Crippen molar-refractivity contribution in [3.05, 3.63) is 130 Å². The van der Waals surface area contributed by atoms with Crippen LogP contribution >= 0.6 is 11.8 Å². The van der Waals surface area contributed by atoms with Crippen LogP contribution in [0.2, 0.25) is 0 Å². The van der Waals surface area contributed by atoms with Crippen LogP contribution in [-0.4, -0.2) is 119 Å². The maximum absolute atomic E-state index is 14.6. The summed E-state index contributed by atoms with van der Waals surface area (Å²) >= 11 is 1.18. The molecule has 0 saturated carbocycles. The predicted octanol–water partition coefficient (Wildman–Crippen LogP) is 3.27. The molecule has 3 aromatic carbocycles. The maximum atomic E-state index is 14.6. The highest BCUT2D eigenvalue weighted by Crippen LogP contribution is 2.52. The maximum Gasteiger partial charge on any atom is 0.410 e. The van der Waals surface area contributed by atoms with Crippen molar-refractivity contribution < 1.29 is 58.1 Å². The molecule has 3 fully saturated rings. The van der Waals surface area contributed by atoms with Gasteiger partial charge in [-0.25, -0.2) is 19.4 Å². The number of nitro groups is 3. The number of aliphatic hydroxyl groups excluding tert-OH is 1. The van der Waals surface area contributed by atoms with Crippen LogP contribution in [0.3, 0.4) is 0 Å². The summed E-state index contributed by atoms with van der Waals surface area (Å²) in [4.78, 5) is 110. The van der Waals surface area contributed by atoms with Crippen molar-refractivity contribution in [3.8, 4) is 0 Å². The molecule has 5 N–H and O–H groups in total. The van der Waals surface area contributed by atoms with Gasteiger partial charge in [0.15, 0.2) is 12.0 Å². The van der Waals surface area contributed by atoms with Crippen molar-refractivity contribution in [1.82, 2.24) is 14.7 Å². The van der Waals surface area contributed by atoms with Gasteiger partial charge in [-0.1, -0.05) is 6.92 Å². The molecule has 0 radical (unpaired) electrons.